The smallest absolute Gasteiger partial charge is 0.355 e. The summed E-state index contributed by atoms with van der Waals surface area (Å²) in [6, 6.07) is 7.62. The number of carbonyl (C=O) groups excluding carboxylic acids is 2. The Morgan fingerprint density at radius 2 is 2.23 bits per heavy atom. The van der Waals surface area contributed by atoms with E-state index in [0.29, 0.717) is 5.69 Å². The van der Waals surface area contributed by atoms with E-state index in [-0.39, 0.29) is 18.6 Å². The molecule has 2 aromatic rings. The second kappa shape index (κ2) is 6.36. The third-order valence-electron chi connectivity index (χ3n) is 3.92. The first kappa shape index (κ1) is 14.8. The maximum atomic E-state index is 12.4. The summed E-state index contributed by atoms with van der Waals surface area (Å²) in [5.74, 6) is -0.592. The van der Waals surface area contributed by atoms with Crippen molar-refractivity contribution in [1.82, 2.24) is 9.47 Å². The van der Waals surface area contributed by atoms with Crippen molar-refractivity contribution in [1.29, 1.82) is 0 Å². The van der Waals surface area contributed by atoms with E-state index in [1.807, 2.05) is 16.3 Å². The fraction of sp³-hybridized carbons (Fsp3) is 0.375. The Kier molecular flexibility index (Phi) is 4.29. The highest BCUT2D eigenvalue weighted by Gasteiger charge is 2.31. The van der Waals surface area contributed by atoms with Gasteiger partial charge in [-0.25, -0.2) is 4.79 Å². The molecule has 6 heteroatoms. The van der Waals surface area contributed by atoms with E-state index in [0.717, 1.165) is 19.4 Å². The Labute approximate surface area is 133 Å². The van der Waals surface area contributed by atoms with Gasteiger partial charge in [0.1, 0.15) is 5.69 Å². The van der Waals surface area contributed by atoms with Gasteiger partial charge in [0.05, 0.1) is 6.04 Å². The first-order valence-corrected chi connectivity index (χ1v) is 8.16. The minimum absolute atomic E-state index is 0.126. The number of carbonyl (C=O) groups is 2. The number of hydrogen-bond acceptors (Lipinski definition) is 4. The average molecular weight is 318 g/mol. The largest absolute Gasteiger partial charge is 0.451 e. The van der Waals surface area contributed by atoms with Crippen LogP contribution in [0.3, 0.4) is 0 Å². The molecule has 1 amide bonds. The molecule has 3 heterocycles. The number of likely N-dealkylation sites (tertiary alicyclic amines) is 1. The fourth-order valence-corrected chi connectivity index (χ4v) is 3.67. The van der Waals surface area contributed by atoms with E-state index < -0.39 is 5.97 Å². The van der Waals surface area contributed by atoms with Crippen molar-refractivity contribution in [3.8, 4) is 0 Å². The summed E-state index contributed by atoms with van der Waals surface area (Å²) < 4.78 is 6.84. The van der Waals surface area contributed by atoms with E-state index in [4.69, 9.17) is 4.74 Å². The molecule has 1 atom stereocenters. The minimum atomic E-state index is -0.465. The van der Waals surface area contributed by atoms with Crippen LogP contribution in [0.1, 0.15) is 34.2 Å². The monoisotopic (exact) mass is 318 g/mol. The fourth-order valence-electron chi connectivity index (χ4n) is 2.80. The molecule has 0 aliphatic carbocycles. The summed E-state index contributed by atoms with van der Waals surface area (Å²) >= 11 is 1.66. The topological polar surface area (TPSA) is 51.5 Å². The number of amides is 1. The van der Waals surface area contributed by atoms with Gasteiger partial charge in [0.25, 0.3) is 5.91 Å². The molecule has 1 fully saturated rings. The Morgan fingerprint density at radius 3 is 2.91 bits per heavy atom. The highest BCUT2D eigenvalue weighted by molar-refractivity contribution is 7.10. The second-order valence-electron chi connectivity index (χ2n) is 5.34. The molecule has 5 nitrogen and oxygen atoms in total. The summed E-state index contributed by atoms with van der Waals surface area (Å²) in [5, 5.41) is 2.02. The standard InChI is InChI=1S/C16H18N2O3S/c1-17-8-2-6-13(17)16(20)21-11-15(19)18-9-3-5-12(18)14-7-4-10-22-14/h2,4,6-8,10,12H,3,5,9,11H2,1H3. The molecule has 0 N–H and O–H groups in total. The SMILES string of the molecule is Cn1cccc1C(=O)OCC(=O)N1CCCC1c1cccs1. The molecular formula is C16H18N2O3S. The van der Waals surface area contributed by atoms with Crippen LogP contribution in [0.2, 0.25) is 0 Å². The van der Waals surface area contributed by atoms with Crippen LogP contribution in [0.5, 0.6) is 0 Å². The molecule has 0 aromatic carbocycles. The number of aromatic nitrogens is 1. The molecule has 1 unspecified atom stereocenters. The lowest BCUT2D eigenvalue weighted by atomic mass is 10.2. The lowest BCUT2D eigenvalue weighted by molar-refractivity contribution is -0.135. The first-order chi connectivity index (χ1) is 10.7. The van der Waals surface area contributed by atoms with Gasteiger partial charge >= 0.3 is 5.97 Å². The summed E-state index contributed by atoms with van der Waals surface area (Å²) in [6.45, 7) is 0.523. The van der Waals surface area contributed by atoms with Gasteiger partial charge in [0, 0.05) is 24.7 Å². The number of aryl methyl sites for hydroxylation is 1. The summed E-state index contributed by atoms with van der Waals surface area (Å²) in [4.78, 5) is 27.3. The maximum Gasteiger partial charge on any atom is 0.355 e. The van der Waals surface area contributed by atoms with Gasteiger partial charge in [0.15, 0.2) is 6.61 Å². The average Bonchev–Trinajstić information content (AvgIpc) is 3.23. The predicted octanol–water partition coefficient (Wildman–Crippen LogP) is 2.61. The molecule has 1 saturated heterocycles. The van der Waals surface area contributed by atoms with E-state index in [1.165, 1.54) is 4.88 Å². The Bertz CT molecular complexity index is 663. The quantitative estimate of drug-likeness (QED) is 0.814. The Morgan fingerprint density at radius 1 is 1.36 bits per heavy atom. The molecule has 1 aliphatic heterocycles. The number of hydrogen-bond donors (Lipinski definition) is 0. The van der Waals surface area contributed by atoms with E-state index in [2.05, 4.69) is 6.07 Å². The van der Waals surface area contributed by atoms with Crippen molar-refractivity contribution in [3.05, 3.63) is 46.4 Å². The molecule has 22 heavy (non-hydrogen) atoms. The number of ether oxygens (including phenoxy) is 1. The van der Waals surface area contributed by atoms with Crippen molar-refractivity contribution in [3.63, 3.8) is 0 Å². The molecule has 0 saturated carbocycles. The van der Waals surface area contributed by atoms with Crippen molar-refractivity contribution in [2.45, 2.75) is 18.9 Å². The molecule has 1 aliphatic rings. The van der Waals surface area contributed by atoms with Crippen LogP contribution in [0.4, 0.5) is 0 Å². The van der Waals surface area contributed by atoms with Crippen molar-refractivity contribution in [2.24, 2.45) is 7.05 Å². The van der Waals surface area contributed by atoms with Gasteiger partial charge < -0.3 is 14.2 Å². The van der Waals surface area contributed by atoms with Gasteiger partial charge in [-0.15, -0.1) is 11.3 Å². The van der Waals surface area contributed by atoms with Crippen molar-refractivity contribution in [2.75, 3.05) is 13.2 Å². The van der Waals surface area contributed by atoms with Crippen LogP contribution in [-0.4, -0.2) is 34.5 Å². The molecule has 0 radical (unpaired) electrons. The zero-order chi connectivity index (χ0) is 15.5. The van der Waals surface area contributed by atoms with E-state index in [9.17, 15) is 9.59 Å². The Hall–Kier alpha value is -2.08. The van der Waals surface area contributed by atoms with Crippen LogP contribution >= 0.6 is 11.3 Å². The van der Waals surface area contributed by atoms with Gasteiger partial charge in [-0.1, -0.05) is 6.07 Å². The number of esters is 1. The van der Waals surface area contributed by atoms with Crippen LogP contribution in [0.15, 0.2) is 35.8 Å². The molecule has 3 rings (SSSR count). The Balaban J connectivity index is 1.60. The zero-order valence-corrected chi connectivity index (χ0v) is 13.2. The molecular weight excluding hydrogens is 300 g/mol. The van der Waals surface area contributed by atoms with Crippen LogP contribution in [0.25, 0.3) is 0 Å². The highest BCUT2D eigenvalue weighted by Crippen LogP contribution is 2.34. The predicted molar refractivity (Wildman–Crippen MR) is 83.7 cm³/mol. The van der Waals surface area contributed by atoms with Gasteiger partial charge in [-0.3, -0.25) is 4.79 Å². The summed E-state index contributed by atoms with van der Waals surface area (Å²) in [6.07, 6.45) is 3.73. The zero-order valence-electron chi connectivity index (χ0n) is 12.4. The number of thiophene rings is 1. The number of rotatable bonds is 4. The molecule has 116 valence electrons. The van der Waals surface area contributed by atoms with Crippen LogP contribution in [0, 0.1) is 0 Å². The highest BCUT2D eigenvalue weighted by atomic mass is 32.1. The molecule has 2 aromatic heterocycles. The first-order valence-electron chi connectivity index (χ1n) is 7.28. The van der Waals surface area contributed by atoms with E-state index >= 15 is 0 Å². The lowest BCUT2D eigenvalue weighted by Gasteiger charge is -2.23. The number of nitrogens with zero attached hydrogens (tertiary/aromatic N) is 2. The normalized spacial score (nSPS) is 17.7. The second-order valence-corrected chi connectivity index (χ2v) is 6.32. The maximum absolute atomic E-state index is 12.4. The third kappa shape index (κ3) is 2.92. The minimum Gasteiger partial charge on any atom is -0.451 e. The molecule has 0 bridgehead atoms. The van der Waals surface area contributed by atoms with Crippen molar-refractivity contribution >= 4 is 23.2 Å². The van der Waals surface area contributed by atoms with Crippen molar-refractivity contribution < 1.29 is 14.3 Å². The van der Waals surface area contributed by atoms with Crippen LogP contribution < -0.4 is 0 Å². The van der Waals surface area contributed by atoms with Gasteiger partial charge in [-0.2, -0.15) is 0 Å². The molecule has 0 spiro atoms. The third-order valence-corrected chi connectivity index (χ3v) is 4.90. The summed E-state index contributed by atoms with van der Waals surface area (Å²) in [7, 11) is 1.77. The van der Waals surface area contributed by atoms with Crippen LogP contribution in [-0.2, 0) is 16.6 Å². The van der Waals surface area contributed by atoms with Gasteiger partial charge in [0.2, 0.25) is 0 Å². The van der Waals surface area contributed by atoms with Gasteiger partial charge in [-0.05, 0) is 36.4 Å². The van der Waals surface area contributed by atoms with E-state index in [1.54, 1.807) is 41.3 Å². The summed E-state index contributed by atoms with van der Waals surface area (Å²) in [5.41, 5.74) is 0.448. The lowest BCUT2D eigenvalue weighted by Crippen LogP contribution is -2.34.